The normalized spacial score (nSPS) is 24.1. The lowest BCUT2D eigenvalue weighted by molar-refractivity contribution is -0.297. The first kappa shape index (κ1) is 28.1. The molecule has 0 saturated carbocycles. The summed E-state index contributed by atoms with van der Waals surface area (Å²) in [5.41, 5.74) is 0. The fourth-order valence-electron chi connectivity index (χ4n) is 3.96. The number of ether oxygens (including phenoxy) is 2. The van der Waals surface area contributed by atoms with Crippen molar-refractivity contribution in [1.29, 1.82) is 0 Å². The maximum atomic E-state index is 10.2. The van der Waals surface area contributed by atoms with Gasteiger partial charge in [-0.05, 0) is 32.3 Å². The predicted octanol–water partition coefficient (Wildman–Crippen LogP) is 4.02. The van der Waals surface area contributed by atoms with Crippen molar-refractivity contribution in [2.24, 2.45) is 0 Å². The smallest absolute Gasteiger partial charge is 0.183 e. The number of aliphatic hydroxyl groups is 2. The second-order valence-corrected chi connectivity index (χ2v) is 8.91. The number of rotatable bonds is 19. The van der Waals surface area contributed by atoms with Gasteiger partial charge in [0.1, 0.15) is 6.10 Å². The molecule has 0 aromatic heterocycles. The summed E-state index contributed by atoms with van der Waals surface area (Å²) in [7, 11) is 0. The van der Waals surface area contributed by atoms with Crippen molar-refractivity contribution in [1.82, 2.24) is 0 Å². The molecule has 4 atom stereocenters. The average Bonchev–Trinajstić information content (AvgIpc) is 2.73. The molecule has 0 radical (unpaired) electrons. The highest BCUT2D eigenvalue weighted by molar-refractivity contribution is 5.77. The zero-order valence-corrected chi connectivity index (χ0v) is 19.5. The molecule has 1 rings (SSSR count). The molecule has 0 aromatic rings. The monoisotopic (exact) mass is 441 g/mol. The summed E-state index contributed by atoms with van der Waals surface area (Å²) in [6.45, 7) is 2.40. The highest BCUT2D eigenvalue weighted by Gasteiger charge is 2.34. The van der Waals surface area contributed by atoms with E-state index >= 15 is 0 Å². The van der Waals surface area contributed by atoms with Gasteiger partial charge in [0.25, 0.3) is 0 Å². The van der Waals surface area contributed by atoms with E-state index in [1.54, 1.807) is 13.0 Å². The predicted molar refractivity (Wildman–Crippen MR) is 120 cm³/mol. The highest BCUT2D eigenvalue weighted by Crippen LogP contribution is 2.21. The molecule has 1 fully saturated rings. The molecule has 2 N–H and O–H groups in total. The first-order valence-corrected chi connectivity index (χ1v) is 12.5. The molecular weight excluding hydrogens is 396 g/mol. The van der Waals surface area contributed by atoms with Crippen LogP contribution in [0.1, 0.15) is 110 Å². The maximum Gasteiger partial charge on any atom is 0.183 e. The van der Waals surface area contributed by atoms with Gasteiger partial charge in [-0.25, -0.2) is 0 Å². The van der Waals surface area contributed by atoms with Crippen LogP contribution in [0.3, 0.4) is 0 Å². The molecule has 1 aliphatic heterocycles. The molecule has 1 aliphatic rings. The van der Waals surface area contributed by atoms with E-state index in [0.717, 1.165) is 31.8 Å². The number of aliphatic carboxylic acids is 1. The van der Waals surface area contributed by atoms with Gasteiger partial charge < -0.3 is 29.6 Å². The van der Waals surface area contributed by atoms with Crippen LogP contribution in [0.4, 0.5) is 0 Å². The minimum atomic E-state index is -1.10. The van der Waals surface area contributed by atoms with E-state index in [2.05, 4.69) is 0 Å². The van der Waals surface area contributed by atoms with Crippen molar-refractivity contribution < 1.29 is 29.6 Å². The van der Waals surface area contributed by atoms with E-state index in [1.807, 2.05) is 0 Å². The van der Waals surface area contributed by atoms with Gasteiger partial charge >= 0.3 is 0 Å². The second-order valence-electron chi connectivity index (χ2n) is 8.91. The van der Waals surface area contributed by atoms with Gasteiger partial charge in [-0.1, -0.05) is 83.1 Å². The van der Waals surface area contributed by atoms with Crippen molar-refractivity contribution >= 4 is 5.97 Å². The molecule has 0 aliphatic carbocycles. The van der Waals surface area contributed by atoms with Crippen molar-refractivity contribution in [3.63, 3.8) is 0 Å². The summed E-state index contributed by atoms with van der Waals surface area (Å²) in [6.07, 6.45) is 19.1. The quantitative estimate of drug-likeness (QED) is 0.232. The van der Waals surface area contributed by atoms with Crippen LogP contribution >= 0.6 is 0 Å². The number of carboxylic acid groups (broad SMARTS) is 1. The third-order valence-electron chi connectivity index (χ3n) is 5.99. The molecule has 31 heavy (non-hydrogen) atoms. The fraction of sp³-hybridized carbons (Fsp3) is 0.880. The fourth-order valence-corrected chi connectivity index (χ4v) is 3.96. The minimum Gasteiger partial charge on any atom is -0.545 e. The Labute approximate surface area is 189 Å². The van der Waals surface area contributed by atoms with E-state index < -0.39 is 24.5 Å². The van der Waals surface area contributed by atoms with E-state index in [1.165, 1.54) is 70.6 Å². The van der Waals surface area contributed by atoms with Gasteiger partial charge in [0.05, 0.1) is 18.2 Å². The Balaban J connectivity index is 1.76. The van der Waals surface area contributed by atoms with Crippen LogP contribution in [0, 0.1) is 0 Å². The summed E-state index contributed by atoms with van der Waals surface area (Å²) in [5.74, 6) is -1.10. The van der Waals surface area contributed by atoms with Crippen molar-refractivity contribution in [3.05, 3.63) is 12.2 Å². The van der Waals surface area contributed by atoms with Crippen LogP contribution < -0.4 is 5.11 Å². The molecule has 6 heteroatoms. The van der Waals surface area contributed by atoms with Crippen molar-refractivity contribution in [2.75, 3.05) is 6.61 Å². The van der Waals surface area contributed by atoms with Gasteiger partial charge in [-0.3, -0.25) is 0 Å². The van der Waals surface area contributed by atoms with Crippen LogP contribution in [0.25, 0.3) is 0 Å². The van der Waals surface area contributed by atoms with Gasteiger partial charge in [0.15, 0.2) is 6.29 Å². The first-order valence-electron chi connectivity index (χ1n) is 12.5. The van der Waals surface area contributed by atoms with Gasteiger partial charge in [0.2, 0.25) is 0 Å². The molecule has 0 amide bonds. The average molecular weight is 442 g/mol. The topological polar surface area (TPSA) is 99.1 Å². The Hall–Kier alpha value is -0.950. The lowest BCUT2D eigenvalue weighted by Gasteiger charge is -2.35. The van der Waals surface area contributed by atoms with Gasteiger partial charge in [0, 0.05) is 13.0 Å². The number of hydrogen-bond acceptors (Lipinski definition) is 6. The minimum absolute atomic E-state index is 0.286. The van der Waals surface area contributed by atoms with Crippen LogP contribution in [0.15, 0.2) is 12.2 Å². The zero-order chi connectivity index (χ0) is 22.7. The number of unbranched alkanes of at least 4 members (excludes halogenated alkanes) is 14. The zero-order valence-electron chi connectivity index (χ0n) is 19.5. The summed E-state index contributed by atoms with van der Waals surface area (Å²) in [6, 6.07) is 0. The van der Waals surface area contributed by atoms with Gasteiger partial charge in [-0.15, -0.1) is 0 Å². The highest BCUT2D eigenvalue weighted by atomic mass is 16.7. The molecule has 6 nitrogen and oxygen atoms in total. The Morgan fingerprint density at radius 3 is 1.87 bits per heavy atom. The van der Waals surface area contributed by atoms with E-state index in [4.69, 9.17) is 9.47 Å². The van der Waals surface area contributed by atoms with Crippen LogP contribution in [0.5, 0.6) is 0 Å². The molecule has 0 bridgehead atoms. The van der Waals surface area contributed by atoms with E-state index in [-0.39, 0.29) is 6.10 Å². The number of aliphatic hydroxyl groups excluding tert-OH is 2. The summed E-state index contributed by atoms with van der Waals surface area (Å²) in [4.78, 5) is 10.2. The lowest BCUT2D eigenvalue weighted by Crippen LogP contribution is -2.47. The van der Waals surface area contributed by atoms with Crippen molar-refractivity contribution in [2.45, 2.75) is 134 Å². The Bertz CT molecular complexity index is 467. The second kappa shape index (κ2) is 18.6. The standard InChI is InChI=1S/C25H46O6/c1-21-22(26)20-23(27)25(31-21)30-19-17-15-13-11-9-7-5-3-2-4-6-8-10-12-14-16-18-24(28)29/h16,18,21-23,25-27H,2-15,17,19-20H2,1H3,(H,28,29)/p-1/b18-16+/t21-,22+,23+,25+/m0/s1. The number of hydrogen-bond donors (Lipinski definition) is 2. The summed E-state index contributed by atoms with van der Waals surface area (Å²) in [5, 5.41) is 29.8. The van der Waals surface area contributed by atoms with Crippen LogP contribution in [0.2, 0.25) is 0 Å². The van der Waals surface area contributed by atoms with E-state index in [9.17, 15) is 20.1 Å². The molecule has 0 aromatic carbocycles. The van der Waals surface area contributed by atoms with E-state index in [0.29, 0.717) is 13.0 Å². The first-order chi connectivity index (χ1) is 15.0. The SMILES string of the molecule is C[C@@H]1O[C@@H](OCCCCCCCCCCCCCCCC/C=C/C(=O)[O-])[C@H](O)C[C@H]1O. The van der Waals surface area contributed by atoms with Crippen LogP contribution in [-0.4, -0.2) is 47.4 Å². The molecule has 1 saturated heterocycles. The molecule has 182 valence electrons. The summed E-state index contributed by atoms with van der Waals surface area (Å²) < 4.78 is 11.1. The van der Waals surface area contributed by atoms with Crippen molar-refractivity contribution in [3.8, 4) is 0 Å². The van der Waals surface area contributed by atoms with Crippen LogP contribution in [-0.2, 0) is 14.3 Å². The Morgan fingerprint density at radius 2 is 1.35 bits per heavy atom. The third kappa shape index (κ3) is 15.5. The maximum absolute atomic E-state index is 10.2. The largest absolute Gasteiger partial charge is 0.545 e. The van der Waals surface area contributed by atoms with Gasteiger partial charge in [-0.2, -0.15) is 0 Å². The molecule has 1 heterocycles. The Kier molecular flexibility index (Phi) is 16.9. The molecular formula is C25H45O6-. The molecule has 0 unspecified atom stereocenters. The third-order valence-corrected chi connectivity index (χ3v) is 5.99. The Morgan fingerprint density at radius 1 is 0.871 bits per heavy atom. The number of allylic oxidation sites excluding steroid dienone is 1. The lowest BCUT2D eigenvalue weighted by atomic mass is 10.0. The number of carbonyl (C=O) groups excluding carboxylic acids is 1. The number of carboxylic acids is 1. The number of carbonyl (C=O) groups is 1. The summed E-state index contributed by atoms with van der Waals surface area (Å²) >= 11 is 0. The molecule has 0 spiro atoms.